The Morgan fingerprint density at radius 2 is 2.19 bits per heavy atom. The van der Waals surface area contributed by atoms with Crippen LogP contribution in [0.1, 0.15) is 26.2 Å². The van der Waals surface area contributed by atoms with Crippen LogP contribution >= 0.6 is 0 Å². The number of nitrogens with zero attached hydrogens (tertiary/aromatic N) is 1. The van der Waals surface area contributed by atoms with Gasteiger partial charge in [0.2, 0.25) is 0 Å². The number of aliphatic carboxylic acids is 1. The third-order valence-electron chi connectivity index (χ3n) is 2.84. The zero-order valence-electron chi connectivity index (χ0n) is 9.35. The van der Waals surface area contributed by atoms with Crippen molar-refractivity contribution in [2.24, 2.45) is 0 Å². The quantitative estimate of drug-likeness (QED) is 0.637. The Balaban J connectivity index is 2.52. The number of carboxylic acids is 1. The van der Waals surface area contributed by atoms with Crippen molar-refractivity contribution in [2.45, 2.75) is 38.3 Å². The van der Waals surface area contributed by atoms with Crippen LogP contribution in [-0.2, 0) is 4.79 Å². The van der Waals surface area contributed by atoms with Gasteiger partial charge in [0.25, 0.3) is 0 Å². The first-order chi connectivity index (χ1) is 7.56. The number of amides is 2. The number of rotatable bonds is 3. The third-order valence-corrected chi connectivity index (χ3v) is 2.84. The van der Waals surface area contributed by atoms with Gasteiger partial charge >= 0.3 is 12.0 Å². The largest absolute Gasteiger partial charge is 0.480 e. The van der Waals surface area contributed by atoms with E-state index in [4.69, 9.17) is 10.2 Å². The summed E-state index contributed by atoms with van der Waals surface area (Å²) in [5, 5.41) is 19.8. The topological polar surface area (TPSA) is 89.9 Å². The lowest BCUT2D eigenvalue weighted by Gasteiger charge is -2.34. The first-order valence-electron chi connectivity index (χ1n) is 5.47. The number of piperidine rings is 1. The third kappa shape index (κ3) is 3.10. The van der Waals surface area contributed by atoms with Crippen LogP contribution in [0.15, 0.2) is 0 Å². The molecule has 1 fully saturated rings. The molecule has 0 saturated carbocycles. The van der Waals surface area contributed by atoms with Gasteiger partial charge in [-0.2, -0.15) is 0 Å². The minimum atomic E-state index is -1.22. The summed E-state index contributed by atoms with van der Waals surface area (Å²) >= 11 is 0. The fourth-order valence-electron chi connectivity index (χ4n) is 1.82. The summed E-state index contributed by atoms with van der Waals surface area (Å²) in [5.41, 5.74) is 0. The van der Waals surface area contributed by atoms with E-state index in [1.165, 1.54) is 0 Å². The Morgan fingerprint density at radius 1 is 1.50 bits per heavy atom. The van der Waals surface area contributed by atoms with Crippen molar-refractivity contribution >= 4 is 12.0 Å². The van der Waals surface area contributed by atoms with E-state index in [-0.39, 0.29) is 6.04 Å². The summed E-state index contributed by atoms with van der Waals surface area (Å²) in [6.07, 6.45) is 2.96. The van der Waals surface area contributed by atoms with Gasteiger partial charge in [0, 0.05) is 12.6 Å². The number of carboxylic acid groups (broad SMARTS) is 1. The van der Waals surface area contributed by atoms with E-state index in [0.29, 0.717) is 6.54 Å². The van der Waals surface area contributed by atoms with Gasteiger partial charge in [-0.1, -0.05) is 0 Å². The van der Waals surface area contributed by atoms with Gasteiger partial charge in [-0.3, -0.25) is 0 Å². The number of nitrogens with one attached hydrogen (secondary N) is 1. The molecular weight excluding hydrogens is 212 g/mol. The van der Waals surface area contributed by atoms with Crippen LogP contribution in [0.3, 0.4) is 0 Å². The standard InChI is InChI=1S/C10H18N2O4/c1-7-4-2-3-5-12(7)10(16)11-8(6-13)9(14)15/h7-8,13H,2-6H2,1H3,(H,11,16)(H,14,15). The van der Waals surface area contributed by atoms with E-state index >= 15 is 0 Å². The highest BCUT2D eigenvalue weighted by Gasteiger charge is 2.26. The first kappa shape index (κ1) is 12.8. The maximum Gasteiger partial charge on any atom is 0.328 e. The van der Waals surface area contributed by atoms with Gasteiger partial charge in [0.1, 0.15) is 0 Å². The number of carbonyl (C=O) groups excluding carboxylic acids is 1. The van der Waals surface area contributed by atoms with Crippen molar-refractivity contribution in [1.82, 2.24) is 10.2 Å². The molecule has 0 radical (unpaired) electrons. The van der Waals surface area contributed by atoms with Gasteiger partial charge in [-0.25, -0.2) is 9.59 Å². The number of hydrogen-bond acceptors (Lipinski definition) is 3. The molecule has 2 amide bonds. The molecule has 1 saturated heterocycles. The second kappa shape index (κ2) is 5.69. The zero-order valence-corrected chi connectivity index (χ0v) is 9.35. The molecule has 1 aliphatic heterocycles. The molecule has 1 rings (SSSR count). The van der Waals surface area contributed by atoms with E-state index in [1.807, 2.05) is 6.92 Å². The van der Waals surface area contributed by atoms with E-state index < -0.39 is 24.6 Å². The Morgan fingerprint density at radius 3 is 2.69 bits per heavy atom. The van der Waals surface area contributed by atoms with E-state index in [2.05, 4.69) is 5.32 Å². The van der Waals surface area contributed by atoms with Crippen LogP contribution in [0.25, 0.3) is 0 Å². The highest BCUT2D eigenvalue weighted by molar-refractivity contribution is 5.82. The molecular formula is C10H18N2O4. The molecule has 0 aliphatic carbocycles. The Bertz CT molecular complexity index is 270. The highest BCUT2D eigenvalue weighted by atomic mass is 16.4. The monoisotopic (exact) mass is 230 g/mol. The molecule has 6 nitrogen and oxygen atoms in total. The minimum Gasteiger partial charge on any atom is -0.480 e. The normalized spacial score (nSPS) is 22.6. The predicted molar refractivity (Wildman–Crippen MR) is 57.1 cm³/mol. The Hall–Kier alpha value is -1.30. The number of aliphatic hydroxyl groups excluding tert-OH is 1. The predicted octanol–water partition coefficient (Wildman–Crippen LogP) is 0.0159. The van der Waals surface area contributed by atoms with Gasteiger partial charge in [-0.15, -0.1) is 0 Å². The number of hydrogen-bond donors (Lipinski definition) is 3. The number of likely N-dealkylation sites (tertiary alicyclic amines) is 1. The second-order valence-electron chi connectivity index (χ2n) is 4.06. The van der Waals surface area contributed by atoms with Crippen molar-refractivity contribution < 1.29 is 19.8 Å². The minimum absolute atomic E-state index is 0.127. The van der Waals surface area contributed by atoms with Crippen LogP contribution in [0.5, 0.6) is 0 Å². The summed E-state index contributed by atoms with van der Waals surface area (Å²) in [5.74, 6) is -1.22. The molecule has 92 valence electrons. The molecule has 0 aromatic rings. The molecule has 6 heteroatoms. The summed E-state index contributed by atoms with van der Waals surface area (Å²) < 4.78 is 0. The lowest BCUT2D eigenvalue weighted by atomic mass is 10.0. The Labute approximate surface area is 94.2 Å². The van der Waals surface area contributed by atoms with Crippen LogP contribution in [0.2, 0.25) is 0 Å². The van der Waals surface area contributed by atoms with Crippen LogP contribution in [0.4, 0.5) is 4.79 Å². The van der Waals surface area contributed by atoms with Crippen molar-refractivity contribution in [3.05, 3.63) is 0 Å². The summed E-state index contributed by atoms with van der Waals surface area (Å²) in [6.45, 7) is 1.99. The van der Waals surface area contributed by atoms with Crippen LogP contribution in [0, 0.1) is 0 Å². The van der Waals surface area contributed by atoms with E-state index in [1.54, 1.807) is 4.90 Å². The summed E-state index contributed by atoms with van der Waals surface area (Å²) in [6, 6.07) is -1.50. The number of aliphatic hydroxyl groups is 1. The number of urea groups is 1. The van der Waals surface area contributed by atoms with Crippen LogP contribution in [-0.4, -0.2) is 52.3 Å². The molecule has 0 aromatic carbocycles. The molecule has 0 bridgehead atoms. The molecule has 0 aromatic heterocycles. The van der Waals surface area contributed by atoms with Crippen molar-refractivity contribution in [1.29, 1.82) is 0 Å². The van der Waals surface area contributed by atoms with Crippen molar-refractivity contribution in [3.8, 4) is 0 Å². The molecule has 0 spiro atoms. The van der Waals surface area contributed by atoms with Gasteiger partial charge < -0.3 is 20.4 Å². The van der Waals surface area contributed by atoms with Crippen molar-refractivity contribution in [3.63, 3.8) is 0 Å². The highest BCUT2D eigenvalue weighted by Crippen LogP contribution is 2.16. The van der Waals surface area contributed by atoms with E-state index in [9.17, 15) is 9.59 Å². The lowest BCUT2D eigenvalue weighted by molar-refractivity contribution is -0.140. The average molecular weight is 230 g/mol. The summed E-state index contributed by atoms with van der Waals surface area (Å²) in [4.78, 5) is 24.0. The molecule has 3 N–H and O–H groups in total. The summed E-state index contributed by atoms with van der Waals surface area (Å²) in [7, 11) is 0. The van der Waals surface area contributed by atoms with Gasteiger partial charge in [-0.05, 0) is 26.2 Å². The second-order valence-corrected chi connectivity index (χ2v) is 4.06. The lowest BCUT2D eigenvalue weighted by Crippen LogP contribution is -2.53. The van der Waals surface area contributed by atoms with Gasteiger partial charge in [0.05, 0.1) is 6.61 Å². The molecule has 2 atom stereocenters. The zero-order chi connectivity index (χ0) is 12.1. The SMILES string of the molecule is CC1CCCCN1C(=O)NC(CO)C(=O)O. The van der Waals surface area contributed by atoms with E-state index in [0.717, 1.165) is 19.3 Å². The first-order valence-corrected chi connectivity index (χ1v) is 5.47. The van der Waals surface area contributed by atoms with Crippen molar-refractivity contribution in [2.75, 3.05) is 13.2 Å². The molecule has 1 heterocycles. The van der Waals surface area contributed by atoms with Gasteiger partial charge in [0.15, 0.2) is 6.04 Å². The maximum absolute atomic E-state index is 11.7. The fourth-order valence-corrected chi connectivity index (χ4v) is 1.82. The Kier molecular flexibility index (Phi) is 4.54. The smallest absolute Gasteiger partial charge is 0.328 e. The molecule has 16 heavy (non-hydrogen) atoms. The maximum atomic E-state index is 11.7. The van der Waals surface area contributed by atoms with Crippen LogP contribution < -0.4 is 5.32 Å². The fraction of sp³-hybridized carbons (Fsp3) is 0.800. The number of carbonyl (C=O) groups is 2. The molecule has 2 unspecified atom stereocenters. The molecule has 1 aliphatic rings. The average Bonchev–Trinajstić information content (AvgIpc) is 2.25.